The first-order chi connectivity index (χ1) is 5.18. The Bertz CT molecular complexity index is 238. The van der Waals surface area contributed by atoms with Crippen molar-refractivity contribution in [2.24, 2.45) is 0 Å². The molecule has 0 amide bonds. The van der Waals surface area contributed by atoms with Gasteiger partial charge in [0.05, 0.1) is 0 Å². The number of nitrogens with zero attached hydrogens (tertiary/aromatic N) is 1. The van der Waals surface area contributed by atoms with Gasteiger partial charge in [-0.1, -0.05) is 0 Å². The SMILES string of the molecule is CN(C)Cc1[c-]ccc(F)c1.[Li+]. The summed E-state index contributed by atoms with van der Waals surface area (Å²) in [7, 11) is 3.89. The van der Waals surface area contributed by atoms with Crippen molar-refractivity contribution in [3.8, 4) is 0 Å². The van der Waals surface area contributed by atoms with Crippen LogP contribution in [0.2, 0.25) is 0 Å². The van der Waals surface area contributed by atoms with Gasteiger partial charge in [0, 0.05) is 12.4 Å². The second-order valence-electron chi connectivity index (χ2n) is 2.77. The first kappa shape index (κ1) is 11.7. The van der Waals surface area contributed by atoms with E-state index in [0.29, 0.717) is 0 Å². The van der Waals surface area contributed by atoms with Gasteiger partial charge in [-0.05, 0) is 14.1 Å². The Kier molecular flexibility index (Phi) is 5.24. The summed E-state index contributed by atoms with van der Waals surface area (Å²) < 4.78 is 12.6. The van der Waals surface area contributed by atoms with E-state index >= 15 is 0 Å². The van der Waals surface area contributed by atoms with E-state index < -0.39 is 0 Å². The molecule has 0 saturated heterocycles. The second kappa shape index (κ2) is 5.37. The molecular weight excluding hydrogens is 148 g/mol. The van der Waals surface area contributed by atoms with E-state index in [9.17, 15) is 4.39 Å². The van der Waals surface area contributed by atoms with Crippen molar-refractivity contribution in [1.82, 2.24) is 4.90 Å². The van der Waals surface area contributed by atoms with Gasteiger partial charge in [-0.2, -0.15) is 12.1 Å². The summed E-state index contributed by atoms with van der Waals surface area (Å²) in [6, 6.07) is 7.47. The average molecular weight is 159 g/mol. The van der Waals surface area contributed by atoms with Crippen LogP contribution in [0, 0.1) is 11.9 Å². The van der Waals surface area contributed by atoms with E-state index in [-0.39, 0.29) is 24.7 Å². The zero-order valence-corrected chi connectivity index (χ0v) is 7.76. The van der Waals surface area contributed by atoms with Gasteiger partial charge in [-0.3, -0.25) is 0 Å². The number of rotatable bonds is 2. The largest absolute Gasteiger partial charge is 1.00 e. The minimum absolute atomic E-state index is 0. The summed E-state index contributed by atoms with van der Waals surface area (Å²) in [5.41, 5.74) is 0.884. The van der Waals surface area contributed by atoms with Crippen molar-refractivity contribution in [2.75, 3.05) is 14.1 Å². The van der Waals surface area contributed by atoms with Crippen molar-refractivity contribution in [2.45, 2.75) is 6.54 Å². The molecule has 0 radical (unpaired) electrons. The second-order valence-corrected chi connectivity index (χ2v) is 2.77. The van der Waals surface area contributed by atoms with Gasteiger partial charge < -0.3 is 4.90 Å². The number of halogens is 1. The number of hydrogen-bond donors (Lipinski definition) is 0. The molecule has 1 rings (SSSR count). The fraction of sp³-hybridized carbons (Fsp3) is 0.333. The molecule has 0 aliphatic rings. The van der Waals surface area contributed by atoms with Gasteiger partial charge >= 0.3 is 18.9 Å². The molecule has 0 unspecified atom stereocenters. The Morgan fingerprint density at radius 3 is 2.67 bits per heavy atom. The van der Waals surface area contributed by atoms with Gasteiger partial charge in [0.1, 0.15) is 0 Å². The summed E-state index contributed by atoms with van der Waals surface area (Å²) in [4.78, 5) is 1.98. The maximum absolute atomic E-state index is 12.6. The molecule has 0 spiro atoms. The van der Waals surface area contributed by atoms with Crippen molar-refractivity contribution in [3.05, 3.63) is 35.6 Å². The molecule has 0 fully saturated rings. The Morgan fingerprint density at radius 1 is 1.50 bits per heavy atom. The molecule has 0 aliphatic carbocycles. The summed E-state index contributed by atoms with van der Waals surface area (Å²) in [6.07, 6.45) is 0. The van der Waals surface area contributed by atoms with Crippen molar-refractivity contribution in [3.63, 3.8) is 0 Å². The topological polar surface area (TPSA) is 3.24 Å². The zero-order valence-electron chi connectivity index (χ0n) is 7.76. The molecule has 0 aliphatic heterocycles. The van der Waals surface area contributed by atoms with Gasteiger partial charge in [-0.15, -0.1) is 17.7 Å². The maximum atomic E-state index is 12.6. The molecule has 1 aromatic carbocycles. The fourth-order valence-electron chi connectivity index (χ4n) is 0.917. The van der Waals surface area contributed by atoms with Crippen molar-refractivity contribution >= 4 is 0 Å². The van der Waals surface area contributed by atoms with Crippen LogP contribution in [0.25, 0.3) is 0 Å². The van der Waals surface area contributed by atoms with E-state index in [0.717, 1.165) is 12.1 Å². The molecule has 12 heavy (non-hydrogen) atoms. The van der Waals surface area contributed by atoms with E-state index in [1.165, 1.54) is 12.1 Å². The van der Waals surface area contributed by atoms with Crippen molar-refractivity contribution in [1.29, 1.82) is 0 Å². The van der Waals surface area contributed by atoms with Crippen molar-refractivity contribution < 1.29 is 23.3 Å². The van der Waals surface area contributed by atoms with Crippen LogP contribution in [0.4, 0.5) is 4.39 Å². The van der Waals surface area contributed by atoms with Gasteiger partial charge in [0.25, 0.3) is 0 Å². The summed E-state index contributed by atoms with van der Waals surface area (Å²) in [5, 5.41) is 0. The van der Waals surface area contributed by atoms with Crippen LogP contribution in [0.5, 0.6) is 0 Å². The molecule has 1 nitrogen and oxygen atoms in total. The minimum atomic E-state index is -0.194. The van der Waals surface area contributed by atoms with E-state index in [1.54, 1.807) is 6.07 Å². The first-order valence-electron chi connectivity index (χ1n) is 3.49. The average Bonchev–Trinajstić information content (AvgIpc) is 1.85. The molecule has 0 aromatic heterocycles. The number of hydrogen-bond acceptors (Lipinski definition) is 1. The molecular formula is C9H11FLiN. The van der Waals surface area contributed by atoms with E-state index in [2.05, 4.69) is 6.07 Å². The van der Waals surface area contributed by atoms with Crippen LogP contribution in [-0.2, 0) is 6.54 Å². The molecule has 0 bridgehead atoms. The van der Waals surface area contributed by atoms with Gasteiger partial charge in [-0.25, -0.2) is 4.39 Å². The van der Waals surface area contributed by atoms with Gasteiger partial charge in [0.15, 0.2) is 0 Å². The molecule has 3 heteroatoms. The molecule has 0 heterocycles. The van der Waals surface area contributed by atoms with Crippen LogP contribution in [0.15, 0.2) is 18.2 Å². The molecule has 1 aromatic rings. The molecule has 0 atom stereocenters. The monoisotopic (exact) mass is 159 g/mol. The summed E-state index contributed by atoms with van der Waals surface area (Å²) in [6.45, 7) is 0.734. The zero-order chi connectivity index (χ0) is 8.27. The summed E-state index contributed by atoms with van der Waals surface area (Å²) >= 11 is 0. The Balaban J connectivity index is 0.00000121. The third kappa shape index (κ3) is 3.92. The third-order valence-electron chi connectivity index (χ3n) is 1.31. The summed E-state index contributed by atoms with van der Waals surface area (Å²) in [5.74, 6) is -0.194. The van der Waals surface area contributed by atoms with Crippen LogP contribution >= 0.6 is 0 Å². The Morgan fingerprint density at radius 2 is 2.17 bits per heavy atom. The van der Waals surface area contributed by atoms with Crippen LogP contribution in [0.1, 0.15) is 5.56 Å². The number of benzene rings is 1. The van der Waals surface area contributed by atoms with Gasteiger partial charge in [0.2, 0.25) is 0 Å². The Labute approximate surface area is 84.7 Å². The van der Waals surface area contributed by atoms with Crippen LogP contribution in [0.3, 0.4) is 0 Å². The third-order valence-corrected chi connectivity index (χ3v) is 1.31. The van der Waals surface area contributed by atoms with E-state index in [1.807, 2.05) is 19.0 Å². The molecule has 60 valence electrons. The smallest absolute Gasteiger partial charge is 0.307 e. The predicted octanol–water partition coefficient (Wildman–Crippen LogP) is -1.31. The maximum Gasteiger partial charge on any atom is 1.00 e. The standard InChI is InChI=1S/C9H11FN.Li/c1-11(2)7-8-4-3-5-9(10)6-8;/h3,5-6H,7H2,1-2H3;/q-1;+1. The normalized spacial score (nSPS) is 9.67. The predicted molar refractivity (Wildman–Crippen MR) is 42.6 cm³/mol. The molecule has 0 saturated carbocycles. The van der Waals surface area contributed by atoms with E-state index in [4.69, 9.17) is 0 Å². The minimum Gasteiger partial charge on any atom is -0.307 e. The van der Waals surface area contributed by atoms with Crippen LogP contribution < -0.4 is 18.9 Å². The first-order valence-corrected chi connectivity index (χ1v) is 3.49. The Hall–Kier alpha value is -0.293. The van der Waals surface area contributed by atoms with Crippen LogP contribution in [-0.4, -0.2) is 19.0 Å². The molecule has 0 N–H and O–H groups in total. The quantitative estimate of drug-likeness (QED) is 0.382. The fourth-order valence-corrected chi connectivity index (χ4v) is 0.917.